The Balaban J connectivity index is 0.00000320. The lowest BCUT2D eigenvalue weighted by molar-refractivity contribution is 0.0827. The third-order valence-corrected chi connectivity index (χ3v) is 4.70. The number of para-hydroxylation sites is 1. The van der Waals surface area contributed by atoms with Gasteiger partial charge in [-0.2, -0.15) is 0 Å². The number of nitrogens with zero attached hydrogens (tertiary/aromatic N) is 3. The number of hydrogen-bond acceptors (Lipinski definition) is 3. The SMILES string of the molecule is CN=C(NCCc1cccc(C(=O)N(C)C)c1)NCc1ccnc2ccccc12.I. The summed E-state index contributed by atoms with van der Waals surface area (Å²) in [6, 6.07) is 17.9. The minimum absolute atomic E-state index is 0. The van der Waals surface area contributed by atoms with Gasteiger partial charge in [0.25, 0.3) is 5.91 Å². The molecule has 1 amide bonds. The van der Waals surface area contributed by atoms with Gasteiger partial charge in [-0.3, -0.25) is 14.8 Å². The molecule has 158 valence electrons. The van der Waals surface area contributed by atoms with Crippen LogP contribution in [0.25, 0.3) is 10.9 Å². The fourth-order valence-corrected chi connectivity index (χ4v) is 3.15. The van der Waals surface area contributed by atoms with E-state index in [9.17, 15) is 4.79 Å². The second kappa shape index (κ2) is 11.5. The molecule has 0 radical (unpaired) electrons. The third-order valence-electron chi connectivity index (χ3n) is 4.70. The molecule has 0 spiro atoms. The number of rotatable bonds is 6. The maximum Gasteiger partial charge on any atom is 0.253 e. The molecule has 7 heteroatoms. The number of amides is 1. The van der Waals surface area contributed by atoms with Gasteiger partial charge in [0.2, 0.25) is 0 Å². The first-order chi connectivity index (χ1) is 14.1. The molecule has 0 saturated heterocycles. The minimum Gasteiger partial charge on any atom is -0.356 e. The Bertz CT molecular complexity index is 1010. The molecule has 3 rings (SSSR count). The van der Waals surface area contributed by atoms with E-state index in [4.69, 9.17) is 0 Å². The first-order valence-electron chi connectivity index (χ1n) is 9.66. The molecule has 0 atom stereocenters. The van der Waals surface area contributed by atoms with Crippen molar-refractivity contribution in [2.45, 2.75) is 13.0 Å². The van der Waals surface area contributed by atoms with E-state index in [1.807, 2.05) is 54.7 Å². The summed E-state index contributed by atoms with van der Waals surface area (Å²) in [5, 5.41) is 7.83. The zero-order valence-electron chi connectivity index (χ0n) is 17.6. The molecule has 0 aliphatic carbocycles. The Morgan fingerprint density at radius 1 is 1.07 bits per heavy atom. The summed E-state index contributed by atoms with van der Waals surface area (Å²) in [6.45, 7) is 1.38. The summed E-state index contributed by atoms with van der Waals surface area (Å²) in [5.74, 6) is 0.758. The number of pyridine rings is 1. The van der Waals surface area contributed by atoms with Crippen LogP contribution in [0.15, 0.2) is 65.8 Å². The molecule has 0 aliphatic rings. The molecular weight excluding hydrogens is 489 g/mol. The Kier molecular flexibility index (Phi) is 9.04. The molecule has 2 N–H and O–H groups in total. The Labute approximate surface area is 194 Å². The molecule has 0 aliphatic heterocycles. The van der Waals surface area contributed by atoms with E-state index in [0.717, 1.165) is 35.4 Å². The summed E-state index contributed by atoms with van der Waals surface area (Å²) in [4.78, 5) is 22.4. The van der Waals surface area contributed by atoms with E-state index < -0.39 is 0 Å². The van der Waals surface area contributed by atoms with Gasteiger partial charge in [0, 0.05) is 51.4 Å². The number of halogens is 1. The number of aromatic nitrogens is 1. The number of nitrogens with one attached hydrogen (secondary N) is 2. The van der Waals surface area contributed by atoms with Gasteiger partial charge in [-0.05, 0) is 41.8 Å². The lowest BCUT2D eigenvalue weighted by Crippen LogP contribution is -2.37. The number of fused-ring (bicyclic) bond motifs is 1. The monoisotopic (exact) mass is 517 g/mol. The van der Waals surface area contributed by atoms with Crippen molar-refractivity contribution in [2.75, 3.05) is 27.7 Å². The van der Waals surface area contributed by atoms with Crippen molar-refractivity contribution in [1.29, 1.82) is 0 Å². The maximum absolute atomic E-state index is 12.1. The quantitative estimate of drug-likeness (QED) is 0.299. The van der Waals surface area contributed by atoms with E-state index in [-0.39, 0.29) is 29.9 Å². The van der Waals surface area contributed by atoms with Crippen LogP contribution in [0.4, 0.5) is 0 Å². The van der Waals surface area contributed by atoms with Gasteiger partial charge in [-0.15, -0.1) is 24.0 Å². The number of carbonyl (C=O) groups excluding carboxylic acids is 1. The van der Waals surface area contributed by atoms with E-state index in [1.165, 1.54) is 5.56 Å². The summed E-state index contributed by atoms with van der Waals surface area (Å²) in [7, 11) is 5.28. The highest BCUT2D eigenvalue weighted by atomic mass is 127. The average Bonchev–Trinajstić information content (AvgIpc) is 2.75. The standard InChI is InChI=1S/C23H27N5O.HI/c1-24-23(27-16-19-12-14-25-21-10-5-4-9-20(19)21)26-13-11-17-7-6-8-18(15-17)22(29)28(2)3;/h4-10,12,14-15H,11,13,16H2,1-3H3,(H2,24,26,27);1H. The van der Waals surface area contributed by atoms with Crippen molar-refractivity contribution in [3.05, 3.63) is 77.5 Å². The molecule has 0 saturated carbocycles. The van der Waals surface area contributed by atoms with Crippen LogP contribution in [0.5, 0.6) is 0 Å². The third kappa shape index (κ3) is 6.16. The van der Waals surface area contributed by atoms with E-state index >= 15 is 0 Å². The van der Waals surface area contributed by atoms with Crippen molar-refractivity contribution in [3.8, 4) is 0 Å². The minimum atomic E-state index is 0. The van der Waals surface area contributed by atoms with E-state index in [2.05, 4.69) is 26.7 Å². The van der Waals surface area contributed by atoms with Crippen molar-refractivity contribution >= 4 is 46.7 Å². The fourth-order valence-electron chi connectivity index (χ4n) is 3.15. The second-order valence-electron chi connectivity index (χ2n) is 6.99. The van der Waals surface area contributed by atoms with Crippen molar-refractivity contribution in [1.82, 2.24) is 20.5 Å². The van der Waals surface area contributed by atoms with Crippen molar-refractivity contribution < 1.29 is 4.79 Å². The molecule has 0 fully saturated rings. The molecule has 1 heterocycles. The smallest absolute Gasteiger partial charge is 0.253 e. The first-order valence-corrected chi connectivity index (χ1v) is 9.66. The predicted octanol–water partition coefficient (Wildman–Crippen LogP) is 3.46. The van der Waals surface area contributed by atoms with Gasteiger partial charge in [0.05, 0.1) is 5.52 Å². The number of aliphatic imine (C=N–C) groups is 1. The van der Waals surface area contributed by atoms with Crippen LogP contribution in [-0.4, -0.2) is 49.4 Å². The Morgan fingerprint density at radius 2 is 1.87 bits per heavy atom. The number of guanidine groups is 1. The summed E-state index contributed by atoms with van der Waals surface area (Å²) >= 11 is 0. The van der Waals surface area contributed by atoms with Crippen LogP contribution in [0.2, 0.25) is 0 Å². The molecule has 6 nitrogen and oxygen atoms in total. The summed E-state index contributed by atoms with van der Waals surface area (Å²) in [5.41, 5.74) is 3.98. The highest BCUT2D eigenvalue weighted by molar-refractivity contribution is 14.0. The van der Waals surface area contributed by atoms with E-state index in [0.29, 0.717) is 12.1 Å². The van der Waals surface area contributed by atoms with Gasteiger partial charge in [-0.1, -0.05) is 30.3 Å². The van der Waals surface area contributed by atoms with Gasteiger partial charge in [-0.25, -0.2) is 0 Å². The zero-order valence-corrected chi connectivity index (χ0v) is 19.9. The molecule has 2 aromatic carbocycles. The second-order valence-corrected chi connectivity index (χ2v) is 6.99. The molecule has 0 bridgehead atoms. The van der Waals surface area contributed by atoms with Crippen LogP contribution >= 0.6 is 24.0 Å². The largest absolute Gasteiger partial charge is 0.356 e. The van der Waals surface area contributed by atoms with Gasteiger partial charge in [0.15, 0.2) is 5.96 Å². The number of carbonyl (C=O) groups is 1. The van der Waals surface area contributed by atoms with Crippen LogP contribution in [0.1, 0.15) is 21.5 Å². The van der Waals surface area contributed by atoms with Gasteiger partial charge >= 0.3 is 0 Å². The van der Waals surface area contributed by atoms with Crippen LogP contribution < -0.4 is 10.6 Å². The molecular formula is C23H28IN5O. The zero-order chi connectivity index (χ0) is 20.6. The first kappa shape index (κ1) is 23.6. The number of benzene rings is 2. The summed E-state index contributed by atoms with van der Waals surface area (Å²) < 4.78 is 0. The molecule has 1 aromatic heterocycles. The maximum atomic E-state index is 12.1. The van der Waals surface area contributed by atoms with Gasteiger partial charge < -0.3 is 15.5 Å². The average molecular weight is 517 g/mol. The lowest BCUT2D eigenvalue weighted by atomic mass is 10.1. The van der Waals surface area contributed by atoms with Gasteiger partial charge in [0.1, 0.15) is 0 Å². The van der Waals surface area contributed by atoms with Crippen LogP contribution in [0.3, 0.4) is 0 Å². The number of hydrogen-bond donors (Lipinski definition) is 2. The Morgan fingerprint density at radius 3 is 2.63 bits per heavy atom. The Hall–Kier alpha value is -2.68. The molecule has 3 aromatic rings. The lowest BCUT2D eigenvalue weighted by Gasteiger charge is -2.14. The highest BCUT2D eigenvalue weighted by Crippen LogP contribution is 2.15. The highest BCUT2D eigenvalue weighted by Gasteiger charge is 2.08. The van der Waals surface area contributed by atoms with Crippen molar-refractivity contribution in [3.63, 3.8) is 0 Å². The van der Waals surface area contributed by atoms with Crippen LogP contribution in [-0.2, 0) is 13.0 Å². The van der Waals surface area contributed by atoms with Crippen molar-refractivity contribution in [2.24, 2.45) is 4.99 Å². The predicted molar refractivity (Wildman–Crippen MR) is 134 cm³/mol. The van der Waals surface area contributed by atoms with E-state index in [1.54, 1.807) is 26.0 Å². The molecule has 30 heavy (non-hydrogen) atoms. The molecule has 0 unspecified atom stereocenters. The normalized spacial score (nSPS) is 11.0. The fraction of sp³-hybridized carbons (Fsp3) is 0.261. The topological polar surface area (TPSA) is 69.6 Å². The van der Waals surface area contributed by atoms with Crippen LogP contribution in [0, 0.1) is 0 Å². The summed E-state index contributed by atoms with van der Waals surface area (Å²) in [6.07, 6.45) is 2.63.